The van der Waals surface area contributed by atoms with Crippen LogP contribution in [0, 0.1) is 0 Å². The number of hydrogen-bond acceptors (Lipinski definition) is 4. The van der Waals surface area contributed by atoms with Crippen LogP contribution in [0.2, 0.25) is 0 Å². The van der Waals surface area contributed by atoms with Crippen molar-refractivity contribution in [3.8, 4) is 5.75 Å². The number of carbonyl (C=O) groups is 2. The zero-order chi connectivity index (χ0) is 15.4. The molecule has 2 amide bonds. The number of nitrogen functional groups attached to an aromatic ring is 1. The first-order valence-electron chi connectivity index (χ1n) is 7.02. The maximum absolute atomic E-state index is 12.6. The van der Waals surface area contributed by atoms with E-state index in [1.54, 1.807) is 34.9 Å². The predicted molar refractivity (Wildman–Crippen MR) is 80.2 cm³/mol. The van der Waals surface area contributed by atoms with Gasteiger partial charge in [0, 0.05) is 33.1 Å². The first-order valence-corrected chi connectivity index (χ1v) is 7.02. The van der Waals surface area contributed by atoms with Crippen LogP contribution >= 0.6 is 0 Å². The van der Waals surface area contributed by atoms with E-state index in [-0.39, 0.29) is 11.8 Å². The average molecular weight is 291 g/mol. The zero-order valence-corrected chi connectivity index (χ0v) is 12.5. The van der Waals surface area contributed by atoms with Crippen molar-refractivity contribution in [1.29, 1.82) is 0 Å². The van der Waals surface area contributed by atoms with Crippen LogP contribution in [-0.2, 0) is 4.79 Å². The summed E-state index contributed by atoms with van der Waals surface area (Å²) in [6, 6.07) is 5.18. The molecule has 0 unspecified atom stereocenters. The highest BCUT2D eigenvalue weighted by Crippen LogP contribution is 2.26. The molecule has 1 aliphatic heterocycles. The quantitative estimate of drug-likeness (QED) is 0.824. The molecular weight excluding hydrogens is 270 g/mol. The minimum Gasteiger partial charge on any atom is -0.495 e. The summed E-state index contributed by atoms with van der Waals surface area (Å²) < 4.78 is 5.15. The molecule has 0 saturated carbocycles. The molecule has 114 valence electrons. The van der Waals surface area contributed by atoms with Crippen LogP contribution in [0.15, 0.2) is 18.2 Å². The van der Waals surface area contributed by atoms with Gasteiger partial charge in [-0.25, -0.2) is 0 Å². The summed E-state index contributed by atoms with van der Waals surface area (Å²) in [6.07, 6.45) is 0.773. The molecule has 0 spiro atoms. The third-order valence-electron chi connectivity index (χ3n) is 3.74. The number of methoxy groups -OCH3 is 1. The summed E-state index contributed by atoms with van der Waals surface area (Å²) in [5.41, 5.74) is 6.79. The van der Waals surface area contributed by atoms with Gasteiger partial charge in [0.1, 0.15) is 5.75 Å². The molecule has 0 radical (unpaired) electrons. The van der Waals surface area contributed by atoms with Crippen LogP contribution in [0.1, 0.15) is 23.7 Å². The summed E-state index contributed by atoms with van der Waals surface area (Å²) in [6.45, 7) is 3.95. The van der Waals surface area contributed by atoms with Crippen molar-refractivity contribution in [2.24, 2.45) is 0 Å². The van der Waals surface area contributed by atoms with Gasteiger partial charge in [-0.15, -0.1) is 0 Å². The highest BCUT2D eigenvalue weighted by atomic mass is 16.5. The molecule has 0 aliphatic carbocycles. The van der Waals surface area contributed by atoms with E-state index in [9.17, 15) is 9.59 Å². The van der Waals surface area contributed by atoms with Crippen LogP contribution in [0.4, 0.5) is 5.69 Å². The SMILES string of the molecule is COc1cccc(C(=O)N2CCCN(C(C)=O)CC2)c1N. The van der Waals surface area contributed by atoms with Gasteiger partial charge in [0.2, 0.25) is 5.91 Å². The van der Waals surface area contributed by atoms with Crippen molar-refractivity contribution in [1.82, 2.24) is 9.80 Å². The minimum absolute atomic E-state index is 0.0465. The Morgan fingerprint density at radius 2 is 1.81 bits per heavy atom. The van der Waals surface area contributed by atoms with Gasteiger partial charge in [0.15, 0.2) is 0 Å². The summed E-state index contributed by atoms with van der Waals surface area (Å²) in [7, 11) is 1.52. The smallest absolute Gasteiger partial charge is 0.256 e. The number of anilines is 1. The summed E-state index contributed by atoms with van der Waals surface area (Å²) in [5, 5.41) is 0. The maximum atomic E-state index is 12.6. The largest absolute Gasteiger partial charge is 0.495 e. The molecule has 1 heterocycles. The summed E-state index contributed by atoms with van der Waals surface area (Å²) in [4.78, 5) is 27.5. The Hall–Kier alpha value is -2.24. The molecule has 6 nitrogen and oxygen atoms in total. The van der Waals surface area contributed by atoms with E-state index >= 15 is 0 Å². The molecule has 0 bridgehead atoms. The second-order valence-electron chi connectivity index (χ2n) is 5.07. The van der Waals surface area contributed by atoms with Gasteiger partial charge in [-0.1, -0.05) is 6.07 Å². The molecule has 1 aromatic carbocycles. The minimum atomic E-state index is -0.114. The Kier molecular flexibility index (Phi) is 4.67. The first kappa shape index (κ1) is 15.2. The van der Waals surface area contributed by atoms with Crippen LogP contribution in [0.5, 0.6) is 5.75 Å². The number of hydrogen-bond donors (Lipinski definition) is 1. The van der Waals surface area contributed by atoms with Gasteiger partial charge in [0.05, 0.1) is 18.4 Å². The van der Waals surface area contributed by atoms with Gasteiger partial charge in [-0.2, -0.15) is 0 Å². The molecule has 0 atom stereocenters. The van der Waals surface area contributed by atoms with Crippen LogP contribution in [-0.4, -0.2) is 54.9 Å². The maximum Gasteiger partial charge on any atom is 0.256 e. The number of nitrogens with zero attached hydrogens (tertiary/aromatic N) is 2. The van der Waals surface area contributed by atoms with Gasteiger partial charge < -0.3 is 20.3 Å². The fraction of sp³-hybridized carbons (Fsp3) is 0.467. The number of ether oxygens (including phenoxy) is 1. The Labute approximate surface area is 124 Å². The van der Waals surface area contributed by atoms with Crippen LogP contribution in [0.3, 0.4) is 0 Å². The highest BCUT2D eigenvalue weighted by molar-refractivity contribution is 6.00. The van der Waals surface area contributed by atoms with Gasteiger partial charge >= 0.3 is 0 Å². The number of nitrogens with two attached hydrogens (primary N) is 1. The topological polar surface area (TPSA) is 75.9 Å². The first-order chi connectivity index (χ1) is 10.0. The van der Waals surface area contributed by atoms with E-state index < -0.39 is 0 Å². The van der Waals surface area contributed by atoms with Crippen molar-refractivity contribution >= 4 is 17.5 Å². The normalized spacial score (nSPS) is 15.5. The standard InChI is InChI=1S/C15H21N3O3/c1-11(19)17-7-4-8-18(10-9-17)15(20)12-5-3-6-13(21-2)14(12)16/h3,5-6H,4,7-10,16H2,1-2H3. The monoisotopic (exact) mass is 291 g/mol. The second kappa shape index (κ2) is 6.47. The van der Waals surface area contributed by atoms with E-state index in [0.29, 0.717) is 43.2 Å². The molecule has 1 saturated heterocycles. The lowest BCUT2D eigenvalue weighted by molar-refractivity contribution is -0.128. The van der Waals surface area contributed by atoms with Crippen LogP contribution < -0.4 is 10.5 Å². The number of amides is 2. The number of rotatable bonds is 2. The molecule has 0 aromatic heterocycles. The molecule has 1 aliphatic rings. The van der Waals surface area contributed by atoms with Gasteiger partial charge in [-0.3, -0.25) is 9.59 Å². The van der Waals surface area contributed by atoms with E-state index in [4.69, 9.17) is 10.5 Å². The molecule has 2 rings (SSSR count). The summed E-state index contributed by atoms with van der Waals surface area (Å²) in [5.74, 6) is 0.433. The summed E-state index contributed by atoms with van der Waals surface area (Å²) >= 11 is 0. The van der Waals surface area contributed by atoms with E-state index in [1.807, 2.05) is 0 Å². The van der Waals surface area contributed by atoms with Crippen molar-refractivity contribution in [2.45, 2.75) is 13.3 Å². The van der Waals surface area contributed by atoms with E-state index in [0.717, 1.165) is 6.42 Å². The fourth-order valence-electron chi connectivity index (χ4n) is 2.51. The number of carbonyl (C=O) groups excluding carboxylic acids is 2. The van der Waals surface area contributed by atoms with Crippen molar-refractivity contribution in [3.63, 3.8) is 0 Å². The lowest BCUT2D eigenvalue weighted by atomic mass is 10.1. The third kappa shape index (κ3) is 3.26. The van der Waals surface area contributed by atoms with Crippen molar-refractivity contribution in [2.75, 3.05) is 39.0 Å². The molecular formula is C15H21N3O3. The Morgan fingerprint density at radius 3 is 2.48 bits per heavy atom. The second-order valence-corrected chi connectivity index (χ2v) is 5.07. The third-order valence-corrected chi connectivity index (χ3v) is 3.74. The lowest BCUT2D eigenvalue weighted by Crippen LogP contribution is -2.36. The Bertz CT molecular complexity index is 545. The van der Waals surface area contributed by atoms with E-state index in [2.05, 4.69) is 0 Å². The van der Waals surface area contributed by atoms with Crippen molar-refractivity contribution in [3.05, 3.63) is 23.8 Å². The molecule has 1 fully saturated rings. The number of para-hydroxylation sites is 1. The Morgan fingerprint density at radius 1 is 1.14 bits per heavy atom. The van der Waals surface area contributed by atoms with E-state index in [1.165, 1.54) is 7.11 Å². The lowest BCUT2D eigenvalue weighted by Gasteiger charge is -2.22. The van der Waals surface area contributed by atoms with Crippen LogP contribution in [0.25, 0.3) is 0 Å². The van der Waals surface area contributed by atoms with Gasteiger partial charge in [-0.05, 0) is 18.6 Å². The fourth-order valence-corrected chi connectivity index (χ4v) is 2.51. The van der Waals surface area contributed by atoms with Crippen molar-refractivity contribution < 1.29 is 14.3 Å². The molecule has 2 N–H and O–H groups in total. The average Bonchev–Trinajstić information content (AvgIpc) is 2.73. The molecule has 1 aromatic rings. The zero-order valence-electron chi connectivity index (χ0n) is 12.5. The number of benzene rings is 1. The Balaban J connectivity index is 2.15. The predicted octanol–water partition coefficient (Wildman–Crippen LogP) is 0.972. The van der Waals surface area contributed by atoms with Gasteiger partial charge in [0.25, 0.3) is 5.91 Å². The molecule has 21 heavy (non-hydrogen) atoms. The highest BCUT2D eigenvalue weighted by Gasteiger charge is 2.23. The molecule has 6 heteroatoms.